The molecule has 9 heteroatoms. The zero-order valence-corrected chi connectivity index (χ0v) is 26.9. The average molecular weight is 602 g/mol. The molecule has 0 radical (unpaired) electrons. The summed E-state index contributed by atoms with van der Waals surface area (Å²) in [6.45, 7) is 19.3. The fourth-order valence-corrected chi connectivity index (χ4v) is 5.75. The van der Waals surface area contributed by atoms with E-state index in [0.29, 0.717) is 35.2 Å². The lowest BCUT2D eigenvalue weighted by Gasteiger charge is -2.36. The van der Waals surface area contributed by atoms with Crippen molar-refractivity contribution in [3.05, 3.63) is 83.7 Å². The van der Waals surface area contributed by atoms with E-state index in [1.54, 1.807) is 17.5 Å². The summed E-state index contributed by atoms with van der Waals surface area (Å²) in [6.07, 6.45) is 7.49. The van der Waals surface area contributed by atoms with Gasteiger partial charge in [-0.2, -0.15) is 9.61 Å². The number of nitrogens with zero attached hydrogens (tertiary/aromatic N) is 4. The first kappa shape index (κ1) is 32.9. The van der Waals surface area contributed by atoms with Crippen molar-refractivity contribution < 1.29 is 19.1 Å². The number of rotatable bonds is 13. The van der Waals surface area contributed by atoms with Gasteiger partial charge in [0.25, 0.3) is 5.91 Å². The van der Waals surface area contributed by atoms with Crippen molar-refractivity contribution in [1.29, 1.82) is 0 Å². The molecular weight excluding hydrogens is 554 g/mol. The number of carbonyl (C=O) groups is 2. The summed E-state index contributed by atoms with van der Waals surface area (Å²) < 4.78 is 13.5. The molecule has 3 aromatic rings. The lowest BCUT2D eigenvalue weighted by atomic mass is 9.93. The highest BCUT2D eigenvalue weighted by Crippen LogP contribution is 2.37. The van der Waals surface area contributed by atoms with Gasteiger partial charge in [0, 0.05) is 31.4 Å². The number of fused-ring (bicyclic) bond motifs is 1. The topological polar surface area (TPSA) is 98.1 Å². The molecule has 1 saturated heterocycles. The van der Waals surface area contributed by atoms with Gasteiger partial charge in [-0.15, -0.1) is 13.2 Å². The molecule has 1 fully saturated rings. The Morgan fingerprint density at radius 2 is 1.84 bits per heavy atom. The highest BCUT2D eigenvalue weighted by atomic mass is 16.6. The van der Waals surface area contributed by atoms with E-state index in [1.165, 1.54) is 5.56 Å². The zero-order chi connectivity index (χ0) is 31.9. The van der Waals surface area contributed by atoms with Gasteiger partial charge < -0.3 is 19.7 Å². The third-order valence-electron chi connectivity index (χ3n) is 7.86. The summed E-state index contributed by atoms with van der Waals surface area (Å²) in [5, 5.41) is 7.82. The normalized spacial score (nSPS) is 14.8. The fourth-order valence-electron chi connectivity index (χ4n) is 5.75. The molecule has 0 spiro atoms. The number of hydrogen-bond donors (Lipinski definition) is 1. The quantitative estimate of drug-likeness (QED) is 0.181. The predicted molar refractivity (Wildman–Crippen MR) is 174 cm³/mol. The molecule has 2 aromatic heterocycles. The van der Waals surface area contributed by atoms with Gasteiger partial charge in [0.1, 0.15) is 5.82 Å². The number of amides is 1. The molecule has 9 nitrogen and oxygen atoms in total. The van der Waals surface area contributed by atoms with E-state index in [1.807, 2.05) is 58.0 Å². The Balaban J connectivity index is 1.75. The van der Waals surface area contributed by atoms with Crippen molar-refractivity contribution in [1.82, 2.24) is 19.9 Å². The summed E-state index contributed by atoms with van der Waals surface area (Å²) in [5.41, 5.74) is 3.63. The number of benzene rings is 1. The van der Waals surface area contributed by atoms with Crippen LogP contribution in [-0.2, 0) is 27.2 Å². The second-order valence-electron chi connectivity index (χ2n) is 12.3. The Morgan fingerprint density at radius 3 is 2.48 bits per heavy atom. The number of carbonyl (C=O) groups excluding carboxylic acids is 2. The second-order valence-corrected chi connectivity index (χ2v) is 12.3. The van der Waals surface area contributed by atoms with Crippen LogP contribution in [-0.4, -0.2) is 51.8 Å². The molecule has 44 heavy (non-hydrogen) atoms. The van der Waals surface area contributed by atoms with Crippen LogP contribution in [0.5, 0.6) is 0 Å². The van der Waals surface area contributed by atoms with Crippen LogP contribution < -0.4 is 10.2 Å². The molecule has 1 atom stereocenters. The molecule has 1 unspecified atom stereocenters. The van der Waals surface area contributed by atoms with E-state index in [4.69, 9.17) is 19.6 Å². The van der Waals surface area contributed by atoms with Crippen LogP contribution in [0.25, 0.3) is 5.65 Å². The number of hydrogen-bond acceptors (Lipinski definition) is 7. The van der Waals surface area contributed by atoms with Gasteiger partial charge in [-0.3, -0.25) is 4.79 Å². The standard InChI is InChI=1S/C35H47N5O4/c1-8-11-15-26-16-12-13-17-27(26)23-36-32(41)28-22-29-37-24(4)30(31(34(42)43-10-3)44-35(5,6)7)33(40(29)38-28)39-20-18-25(14-9-2)19-21-39/h8-9,12-13,16-17,22,25,31H,1-2,10-11,14-15,18-21,23H2,3-7H3,(H,36,41). The van der Waals surface area contributed by atoms with Crippen molar-refractivity contribution in [2.75, 3.05) is 24.6 Å². The van der Waals surface area contributed by atoms with Crippen LogP contribution in [0.3, 0.4) is 0 Å². The Hall–Kier alpha value is -3.98. The fraction of sp³-hybridized carbons (Fsp3) is 0.486. The summed E-state index contributed by atoms with van der Waals surface area (Å²) >= 11 is 0. The van der Waals surface area contributed by atoms with Crippen molar-refractivity contribution in [2.24, 2.45) is 5.92 Å². The van der Waals surface area contributed by atoms with Crippen LogP contribution in [0.2, 0.25) is 0 Å². The third-order valence-corrected chi connectivity index (χ3v) is 7.86. The van der Waals surface area contributed by atoms with E-state index in [-0.39, 0.29) is 18.2 Å². The van der Waals surface area contributed by atoms with Gasteiger partial charge in [0.05, 0.1) is 17.8 Å². The maximum Gasteiger partial charge on any atom is 0.340 e. The van der Waals surface area contributed by atoms with E-state index in [2.05, 4.69) is 29.4 Å². The minimum atomic E-state index is -1.01. The first-order valence-electron chi connectivity index (χ1n) is 15.6. The molecule has 1 N–H and O–H groups in total. The molecule has 3 heterocycles. The van der Waals surface area contributed by atoms with Crippen LogP contribution in [0, 0.1) is 12.8 Å². The van der Waals surface area contributed by atoms with Gasteiger partial charge in [0.2, 0.25) is 0 Å². The Kier molecular flexibility index (Phi) is 11.0. The molecular formula is C35H47N5O4. The molecule has 236 valence electrons. The smallest absolute Gasteiger partial charge is 0.340 e. The summed E-state index contributed by atoms with van der Waals surface area (Å²) in [4.78, 5) is 33.9. The Morgan fingerprint density at radius 1 is 1.14 bits per heavy atom. The van der Waals surface area contributed by atoms with Crippen LogP contribution in [0.15, 0.2) is 55.6 Å². The molecule has 1 aromatic carbocycles. The second kappa shape index (κ2) is 14.7. The lowest BCUT2D eigenvalue weighted by molar-refractivity contribution is -0.166. The number of aromatic nitrogens is 3. The maximum absolute atomic E-state index is 13.4. The van der Waals surface area contributed by atoms with Gasteiger partial charge >= 0.3 is 5.97 Å². The van der Waals surface area contributed by atoms with Crippen molar-refractivity contribution in [3.8, 4) is 0 Å². The SMILES string of the molecule is C=CCCc1ccccc1CNC(=O)c1cc2nc(C)c(C(OC(C)(C)C)C(=O)OCC)c(N3CCC(CC=C)CC3)n2n1. The average Bonchev–Trinajstić information content (AvgIpc) is 3.41. The molecule has 0 saturated carbocycles. The Bertz CT molecular complexity index is 1480. The molecule has 0 bridgehead atoms. The summed E-state index contributed by atoms with van der Waals surface area (Å²) in [5.74, 6) is 0.484. The molecule has 1 amide bonds. The number of esters is 1. The monoisotopic (exact) mass is 601 g/mol. The van der Waals surface area contributed by atoms with E-state index in [0.717, 1.165) is 50.8 Å². The van der Waals surface area contributed by atoms with Crippen LogP contribution >= 0.6 is 0 Å². The minimum absolute atomic E-state index is 0.225. The highest BCUT2D eigenvalue weighted by Gasteiger charge is 2.36. The summed E-state index contributed by atoms with van der Waals surface area (Å²) in [7, 11) is 0. The lowest BCUT2D eigenvalue weighted by Crippen LogP contribution is -2.38. The van der Waals surface area contributed by atoms with Gasteiger partial charge in [-0.25, -0.2) is 9.78 Å². The van der Waals surface area contributed by atoms with Crippen molar-refractivity contribution >= 4 is 23.3 Å². The number of aryl methyl sites for hydroxylation is 2. The minimum Gasteiger partial charge on any atom is -0.464 e. The van der Waals surface area contributed by atoms with Crippen molar-refractivity contribution in [2.45, 2.75) is 85.0 Å². The summed E-state index contributed by atoms with van der Waals surface area (Å²) in [6, 6.07) is 9.79. The van der Waals surface area contributed by atoms with Crippen LogP contribution in [0.1, 0.15) is 92.4 Å². The Labute approximate surface area is 261 Å². The van der Waals surface area contributed by atoms with Crippen LogP contribution in [0.4, 0.5) is 5.82 Å². The largest absolute Gasteiger partial charge is 0.464 e. The zero-order valence-electron chi connectivity index (χ0n) is 26.9. The molecule has 4 rings (SSSR count). The predicted octanol–water partition coefficient (Wildman–Crippen LogP) is 6.30. The number of piperidine rings is 1. The van der Waals surface area contributed by atoms with Crippen molar-refractivity contribution in [3.63, 3.8) is 0 Å². The van der Waals surface area contributed by atoms with E-state index in [9.17, 15) is 9.59 Å². The highest BCUT2D eigenvalue weighted by molar-refractivity contribution is 5.93. The third kappa shape index (κ3) is 7.94. The van der Waals surface area contributed by atoms with Gasteiger partial charge in [-0.1, -0.05) is 36.4 Å². The first-order valence-corrected chi connectivity index (χ1v) is 15.6. The molecule has 0 aliphatic carbocycles. The van der Waals surface area contributed by atoms with E-state index >= 15 is 0 Å². The molecule has 1 aliphatic rings. The van der Waals surface area contributed by atoms with Gasteiger partial charge in [0.15, 0.2) is 17.4 Å². The molecule has 1 aliphatic heterocycles. The number of allylic oxidation sites excluding steroid dienone is 2. The van der Waals surface area contributed by atoms with E-state index < -0.39 is 17.7 Å². The first-order chi connectivity index (χ1) is 21.1. The number of ether oxygens (including phenoxy) is 2. The maximum atomic E-state index is 13.4. The van der Waals surface area contributed by atoms with Gasteiger partial charge in [-0.05, 0) is 83.8 Å². The number of anilines is 1. The number of nitrogens with one attached hydrogen (secondary N) is 1.